The smallest absolute Gasteiger partial charge is 0.262 e. The largest absolute Gasteiger partial charge is 0.482 e. The zero-order valence-corrected chi connectivity index (χ0v) is 10.1. The third kappa shape index (κ3) is 2.29. The molecule has 1 aliphatic heterocycles. The van der Waals surface area contributed by atoms with Crippen molar-refractivity contribution in [2.75, 3.05) is 11.9 Å². The number of hydrogen-bond acceptors (Lipinski definition) is 4. The lowest BCUT2D eigenvalue weighted by atomic mass is 9.92. The van der Waals surface area contributed by atoms with Gasteiger partial charge < -0.3 is 15.8 Å². The van der Waals surface area contributed by atoms with Crippen LogP contribution in [0.25, 0.3) is 0 Å². The van der Waals surface area contributed by atoms with Crippen molar-refractivity contribution in [2.45, 2.75) is 19.4 Å². The van der Waals surface area contributed by atoms with Crippen LogP contribution < -0.4 is 15.8 Å². The molecule has 1 aromatic carbocycles. The van der Waals surface area contributed by atoms with E-state index in [0.717, 1.165) is 5.56 Å². The Morgan fingerprint density at radius 2 is 2.39 bits per heavy atom. The molecule has 5 heteroatoms. The molecule has 0 aromatic heterocycles. The van der Waals surface area contributed by atoms with Gasteiger partial charge in [-0.05, 0) is 24.1 Å². The molecule has 3 N–H and O–H groups in total. The van der Waals surface area contributed by atoms with Crippen LogP contribution in [0.4, 0.5) is 5.69 Å². The van der Waals surface area contributed by atoms with Gasteiger partial charge in [-0.15, -0.1) is 0 Å². The van der Waals surface area contributed by atoms with E-state index in [1.807, 2.05) is 13.0 Å². The third-order valence-electron chi connectivity index (χ3n) is 3.06. The molecule has 5 nitrogen and oxygen atoms in total. The van der Waals surface area contributed by atoms with Gasteiger partial charge in [0.25, 0.3) is 5.91 Å². The number of nitrogens with zero attached hydrogens (tertiary/aromatic N) is 1. The first-order valence-corrected chi connectivity index (χ1v) is 5.87. The van der Waals surface area contributed by atoms with E-state index < -0.39 is 0 Å². The minimum absolute atomic E-state index is 0.0359. The molecule has 0 fully saturated rings. The Morgan fingerprint density at radius 1 is 1.61 bits per heavy atom. The minimum Gasteiger partial charge on any atom is -0.482 e. The lowest BCUT2D eigenvalue weighted by Crippen LogP contribution is -2.26. The monoisotopic (exact) mass is 245 g/mol. The fourth-order valence-electron chi connectivity index (χ4n) is 1.97. The number of nitrogens with two attached hydrogens (primary N) is 1. The predicted molar refractivity (Wildman–Crippen MR) is 66.9 cm³/mol. The van der Waals surface area contributed by atoms with Crippen molar-refractivity contribution in [3.63, 3.8) is 0 Å². The van der Waals surface area contributed by atoms with Crippen molar-refractivity contribution < 1.29 is 9.53 Å². The van der Waals surface area contributed by atoms with Gasteiger partial charge in [0.05, 0.1) is 17.7 Å². The van der Waals surface area contributed by atoms with Gasteiger partial charge in [0.15, 0.2) is 6.61 Å². The van der Waals surface area contributed by atoms with Gasteiger partial charge in [-0.1, -0.05) is 13.0 Å². The van der Waals surface area contributed by atoms with E-state index in [-0.39, 0.29) is 24.5 Å². The maximum atomic E-state index is 11.2. The van der Waals surface area contributed by atoms with Crippen molar-refractivity contribution in [1.29, 1.82) is 5.26 Å². The molecule has 0 bridgehead atoms. The third-order valence-corrected chi connectivity index (χ3v) is 3.06. The summed E-state index contributed by atoms with van der Waals surface area (Å²) in [6.07, 6.45) is 0.692. The number of rotatable bonds is 3. The van der Waals surface area contributed by atoms with Crippen LogP contribution in [0.15, 0.2) is 18.2 Å². The molecule has 2 atom stereocenters. The van der Waals surface area contributed by atoms with Crippen LogP contribution in [0, 0.1) is 17.2 Å². The molecule has 2 unspecified atom stereocenters. The zero-order valence-electron chi connectivity index (χ0n) is 10.1. The Kier molecular flexibility index (Phi) is 3.49. The summed E-state index contributed by atoms with van der Waals surface area (Å²) in [7, 11) is 0. The Hall–Kier alpha value is -2.06. The average Bonchev–Trinajstić information content (AvgIpc) is 2.39. The molecule has 0 spiro atoms. The van der Waals surface area contributed by atoms with Crippen molar-refractivity contribution in [2.24, 2.45) is 11.7 Å². The summed E-state index contributed by atoms with van der Waals surface area (Å²) < 4.78 is 5.27. The molecule has 1 heterocycles. The normalized spacial score (nSPS) is 16.8. The van der Waals surface area contributed by atoms with Crippen LogP contribution in [0.3, 0.4) is 0 Å². The summed E-state index contributed by atoms with van der Waals surface area (Å²) >= 11 is 0. The molecule has 1 aromatic rings. The van der Waals surface area contributed by atoms with E-state index >= 15 is 0 Å². The number of nitrogens with one attached hydrogen (secondary N) is 1. The molecule has 1 aliphatic rings. The fraction of sp³-hybridized carbons (Fsp3) is 0.385. The maximum Gasteiger partial charge on any atom is 0.262 e. The molecule has 0 saturated heterocycles. The second-order valence-electron chi connectivity index (χ2n) is 4.26. The quantitative estimate of drug-likeness (QED) is 0.846. The maximum absolute atomic E-state index is 11.2. The van der Waals surface area contributed by atoms with Gasteiger partial charge in [0.1, 0.15) is 5.75 Å². The summed E-state index contributed by atoms with van der Waals surface area (Å²) in [6.45, 7) is 1.96. The number of nitriles is 1. The molecule has 0 radical (unpaired) electrons. The topological polar surface area (TPSA) is 88.1 Å². The predicted octanol–water partition coefficient (Wildman–Crippen LogP) is 1.57. The zero-order chi connectivity index (χ0) is 13.1. The highest BCUT2D eigenvalue weighted by Gasteiger charge is 2.21. The van der Waals surface area contributed by atoms with E-state index in [1.165, 1.54) is 0 Å². The number of hydrogen-bond donors (Lipinski definition) is 2. The van der Waals surface area contributed by atoms with Gasteiger partial charge in [-0.2, -0.15) is 5.26 Å². The first-order chi connectivity index (χ1) is 8.65. The number of carbonyl (C=O) groups excluding carboxylic acids is 1. The van der Waals surface area contributed by atoms with Crippen LogP contribution in [0.1, 0.15) is 24.9 Å². The molecular formula is C13H15N3O2. The van der Waals surface area contributed by atoms with Gasteiger partial charge in [-0.25, -0.2) is 0 Å². The van der Waals surface area contributed by atoms with Crippen molar-refractivity contribution in [3.05, 3.63) is 23.8 Å². The summed E-state index contributed by atoms with van der Waals surface area (Å²) in [5.74, 6) is 0.222. The summed E-state index contributed by atoms with van der Waals surface area (Å²) in [5, 5.41) is 11.7. The van der Waals surface area contributed by atoms with Crippen molar-refractivity contribution in [3.8, 4) is 11.8 Å². The highest BCUT2D eigenvalue weighted by Crippen LogP contribution is 2.32. The van der Waals surface area contributed by atoms with Crippen LogP contribution >= 0.6 is 0 Å². The lowest BCUT2D eigenvalue weighted by molar-refractivity contribution is -0.118. The van der Waals surface area contributed by atoms with E-state index in [1.54, 1.807) is 12.1 Å². The molecule has 0 aliphatic carbocycles. The van der Waals surface area contributed by atoms with Crippen LogP contribution in [-0.4, -0.2) is 12.5 Å². The van der Waals surface area contributed by atoms with Gasteiger partial charge in [0, 0.05) is 6.04 Å². The molecule has 2 rings (SSSR count). The second kappa shape index (κ2) is 5.07. The molecule has 1 amide bonds. The Morgan fingerprint density at radius 3 is 3.06 bits per heavy atom. The minimum atomic E-state index is -0.357. The van der Waals surface area contributed by atoms with Crippen LogP contribution in [0.2, 0.25) is 0 Å². The molecule has 94 valence electrons. The first-order valence-electron chi connectivity index (χ1n) is 5.87. The standard InChI is InChI=1S/C13H15N3O2/c1-2-8(6-14)13(15)9-3-4-11-10(5-9)16-12(17)7-18-11/h3-5,8,13H,2,7,15H2,1H3,(H,16,17). The Bertz CT molecular complexity index is 507. The van der Waals surface area contributed by atoms with E-state index in [0.29, 0.717) is 17.9 Å². The number of anilines is 1. The number of fused-ring (bicyclic) bond motifs is 1. The second-order valence-corrected chi connectivity index (χ2v) is 4.26. The van der Waals surface area contributed by atoms with E-state index in [2.05, 4.69) is 11.4 Å². The van der Waals surface area contributed by atoms with Gasteiger partial charge in [0.2, 0.25) is 0 Å². The molecular weight excluding hydrogens is 230 g/mol. The number of carbonyl (C=O) groups is 1. The number of benzene rings is 1. The SMILES string of the molecule is CCC(C#N)C(N)c1ccc2c(c1)NC(=O)CO2. The van der Waals surface area contributed by atoms with Gasteiger partial charge >= 0.3 is 0 Å². The Balaban J connectivity index is 2.28. The highest BCUT2D eigenvalue weighted by molar-refractivity contribution is 5.95. The van der Waals surface area contributed by atoms with E-state index in [4.69, 9.17) is 15.7 Å². The summed E-state index contributed by atoms with van der Waals surface area (Å²) in [4.78, 5) is 11.2. The fourth-order valence-corrected chi connectivity index (χ4v) is 1.97. The number of ether oxygens (including phenoxy) is 1. The lowest BCUT2D eigenvalue weighted by Gasteiger charge is -2.21. The Labute approximate surface area is 106 Å². The van der Waals surface area contributed by atoms with Crippen molar-refractivity contribution in [1.82, 2.24) is 0 Å². The summed E-state index contributed by atoms with van der Waals surface area (Å²) in [5.41, 5.74) is 7.50. The van der Waals surface area contributed by atoms with Crippen molar-refractivity contribution >= 4 is 11.6 Å². The van der Waals surface area contributed by atoms with E-state index in [9.17, 15) is 4.79 Å². The van der Waals surface area contributed by atoms with Gasteiger partial charge in [-0.3, -0.25) is 4.79 Å². The first kappa shape index (κ1) is 12.4. The average molecular weight is 245 g/mol. The van der Waals surface area contributed by atoms with Crippen LogP contribution in [0.5, 0.6) is 5.75 Å². The highest BCUT2D eigenvalue weighted by atomic mass is 16.5. The summed E-state index contributed by atoms with van der Waals surface area (Å²) in [6, 6.07) is 7.22. The number of amides is 1. The molecule has 18 heavy (non-hydrogen) atoms. The van der Waals surface area contributed by atoms with Crippen LogP contribution in [-0.2, 0) is 4.79 Å². The molecule has 0 saturated carbocycles.